The lowest BCUT2D eigenvalue weighted by atomic mass is 9.51. The Hall–Kier alpha value is -2.67. The highest BCUT2D eigenvalue weighted by Crippen LogP contribution is 2.58. The van der Waals surface area contributed by atoms with Crippen molar-refractivity contribution in [3.8, 4) is 11.3 Å². The first-order chi connectivity index (χ1) is 13.5. The van der Waals surface area contributed by atoms with Crippen molar-refractivity contribution < 1.29 is 5.11 Å². The molecule has 28 heavy (non-hydrogen) atoms. The Morgan fingerprint density at radius 2 is 1.93 bits per heavy atom. The smallest absolute Gasteiger partial charge is 0.222 e. The fraction of sp³-hybridized carbons (Fsp3) is 0.476. The summed E-state index contributed by atoms with van der Waals surface area (Å²) in [5, 5.41) is 22.8. The molecule has 4 aliphatic carbocycles. The summed E-state index contributed by atoms with van der Waals surface area (Å²) in [6, 6.07) is 8.01. The molecule has 7 rings (SSSR count). The largest absolute Gasteiger partial charge is 0.390 e. The van der Waals surface area contributed by atoms with Crippen LogP contribution in [0.2, 0.25) is 0 Å². The average Bonchev–Trinajstić information content (AvgIpc) is 3.13. The molecule has 1 aromatic carbocycles. The number of nitrogens with two attached hydrogens (primary N) is 1. The molecule has 0 amide bonds. The summed E-state index contributed by atoms with van der Waals surface area (Å²) < 4.78 is 0. The van der Waals surface area contributed by atoms with Crippen molar-refractivity contribution in [2.24, 2.45) is 11.8 Å². The third kappa shape index (κ3) is 2.49. The van der Waals surface area contributed by atoms with E-state index in [0.717, 1.165) is 60.1 Å². The SMILES string of the molecule is Nc1nc(NC23C[C@@H]4C[C@@H](CC(O)(C4)C2)C3)c2ccc(-c3cc[nH]n3)cc2n1. The van der Waals surface area contributed by atoms with Crippen LogP contribution in [-0.2, 0) is 0 Å². The minimum absolute atomic E-state index is 0.0899. The van der Waals surface area contributed by atoms with Gasteiger partial charge in [0.15, 0.2) is 0 Å². The topological polar surface area (TPSA) is 113 Å². The normalized spacial score (nSPS) is 33.5. The molecule has 0 radical (unpaired) electrons. The molecule has 7 nitrogen and oxygen atoms in total. The van der Waals surface area contributed by atoms with Crippen molar-refractivity contribution in [3.63, 3.8) is 0 Å². The molecule has 7 heteroatoms. The van der Waals surface area contributed by atoms with E-state index in [1.807, 2.05) is 24.3 Å². The number of hydrogen-bond donors (Lipinski definition) is 4. The van der Waals surface area contributed by atoms with Gasteiger partial charge >= 0.3 is 0 Å². The van der Waals surface area contributed by atoms with Crippen molar-refractivity contribution in [1.82, 2.24) is 20.2 Å². The number of aliphatic hydroxyl groups is 1. The minimum atomic E-state index is -0.515. The Kier molecular flexibility index (Phi) is 3.17. The maximum absolute atomic E-state index is 11.0. The molecule has 4 aliphatic rings. The monoisotopic (exact) mass is 376 g/mol. The number of H-pyrrole nitrogens is 1. The van der Waals surface area contributed by atoms with Crippen LogP contribution in [0.15, 0.2) is 30.5 Å². The van der Waals surface area contributed by atoms with Crippen molar-refractivity contribution in [2.45, 2.75) is 49.7 Å². The number of benzene rings is 1. The van der Waals surface area contributed by atoms with E-state index in [9.17, 15) is 5.11 Å². The predicted molar refractivity (Wildman–Crippen MR) is 108 cm³/mol. The van der Waals surface area contributed by atoms with Crippen molar-refractivity contribution in [3.05, 3.63) is 30.5 Å². The van der Waals surface area contributed by atoms with Gasteiger partial charge in [-0.3, -0.25) is 5.10 Å². The van der Waals surface area contributed by atoms with Crippen LogP contribution in [0.1, 0.15) is 38.5 Å². The number of hydrogen-bond acceptors (Lipinski definition) is 6. The lowest BCUT2D eigenvalue weighted by Crippen LogP contribution is -2.62. The standard InChI is InChI=1S/C21H24N6O/c22-19-24-17-6-14(16-3-4-23-27-16)1-2-15(17)18(25-19)26-20-7-12-5-13(8-20)10-21(28,9-12)11-20/h1-4,6,12-13,28H,5,7-11H2,(H,23,27)(H3,22,24,25,26)/t12-,13+,20?,21?. The number of nitrogen functional groups attached to an aromatic ring is 1. The highest BCUT2D eigenvalue weighted by Gasteiger charge is 2.57. The highest BCUT2D eigenvalue weighted by molar-refractivity contribution is 5.93. The van der Waals surface area contributed by atoms with Gasteiger partial charge < -0.3 is 16.2 Å². The lowest BCUT2D eigenvalue weighted by molar-refractivity contribution is -0.127. The van der Waals surface area contributed by atoms with Gasteiger partial charge in [0, 0.05) is 22.7 Å². The zero-order valence-electron chi connectivity index (χ0n) is 15.7. The van der Waals surface area contributed by atoms with E-state index in [1.165, 1.54) is 6.42 Å². The molecule has 5 N–H and O–H groups in total. The second-order valence-electron chi connectivity index (χ2n) is 9.21. The Morgan fingerprint density at radius 3 is 2.64 bits per heavy atom. The average molecular weight is 376 g/mol. The molecule has 144 valence electrons. The summed E-state index contributed by atoms with van der Waals surface area (Å²) >= 11 is 0. The third-order valence-corrected chi connectivity index (χ3v) is 6.92. The number of aromatic nitrogens is 4. The summed E-state index contributed by atoms with van der Waals surface area (Å²) in [5.74, 6) is 2.25. The zero-order chi connectivity index (χ0) is 18.9. The van der Waals surface area contributed by atoms with Gasteiger partial charge in [-0.15, -0.1) is 0 Å². The number of anilines is 2. The van der Waals surface area contributed by atoms with Gasteiger partial charge in [-0.05, 0) is 68.6 Å². The molecule has 4 atom stereocenters. The van der Waals surface area contributed by atoms with Gasteiger partial charge in [-0.25, -0.2) is 4.98 Å². The Labute approximate surface area is 162 Å². The van der Waals surface area contributed by atoms with Crippen LogP contribution >= 0.6 is 0 Å². The fourth-order valence-electron chi connectivity index (χ4n) is 6.43. The van der Waals surface area contributed by atoms with E-state index in [2.05, 4.69) is 25.5 Å². The number of nitrogens with zero attached hydrogens (tertiary/aromatic N) is 3. The number of rotatable bonds is 3. The van der Waals surface area contributed by atoms with Gasteiger partial charge in [0.05, 0.1) is 16.8 Å². The molecular formula is C21H24N6O. The predicted octanol–water partition coefficient (Wildman–Crippen LogP) is 3.10. The summed E-state index contributed by atoms with van der Waals surface area (Å²) in [7, 11) is 0. The van der Waals surface area contributed by atoms with Crippen LogP contribution in [0.4, 0.5) is 11.8 Å². The van der Waals surface area contributed by atoms with Crippen LogP contribution in [0.25, 0.3) is 22.2 Å². The molecule has 2 unspecified atom stereocenters. The van der Waals surface area contributed by atoms with E-state index in [-0.39, 0.29) is 11.5 Å². The molecule has 4 fully saturated rings. The summed E-state index contributed by atoms with van der Waals surface area (Å²) in [6.45, 7) is 0. The second kappa shape index (κ2) is 5.44. The van der Waals surface area contributed by atoms with E-state index >= 15 is 0 Å². The molecule has 4 bridgehead atoms. The molecule has 2 aromatic heterocycles. The zero-order valence-corrected chi connectivity index (χ0v) is 15.7. The van der Waals surface area contributed by atoms with Crippen LogP contribution in [0.5, 0.6) is 0 Å². The molecule has 2 heterocycles. The Bertz CT molecular complexity index is 1050. The van der Waals surface area contributed by atoms with E-state index < -0.39 is 5.60 Å². The molecule has 0 spiro atoms. The van der Waals surface area contributed by atoms with Crippen molar-refractivity contribution in [1.29, 1.82) is 0 Å². The van der Waals surface area contributed by atoms with Crippen LogP contribution in [0, 0.1) is 11.8 Å². The first kappa shape index (κ1) is 16.3. The quantitative estimate of drug-likeness (QED) is 0.559. The Morgan fingerprint density at radius 1 is 1.11 bits per heavy atom. The van der Waals surface area contributed by atoms with Gasteiger partial charge in [0.25, 0.3) is 0 Å². The molecule has 3 aromatic rings. The maximum Gasteiger partial charge on any atom is 0.222 e. The van der Waals surface area contributed by atoms with E-state index in [1.54, 1.807) is 6.20 Å². The molecular weight excluding hydrogens is 352 g/mol. The van der Waals surface area contributed by atoms with Crippen LogP contribution in [0.3, 0.4) is 0 Å². The highest BCUT2D eigenvalue weighted by atomic mass is 16.3. The van der Waals surface area contributed by atoms with Gasteiger partial charge in [-0.2, -0.15) is 10.1 Å². The summed E-state index contributed by atoms with van der Waals surface area (Å²) in [4.78, 5) is 9.00. The van der Waals surface area contributed by atoms with Crippen LogP contribution < -0.4 is 11.1 Å². The first-order valence-electron chi connectivity index (χ1n) is 10.1. The molecule has 0 saturated heterocycles. The van der Waals surface area contributed by atoms with Gasteiger partial charge in [0.2, 0.25) is 5.95 Å². The first-order valence-corrected chi connectivity index (χ1v) is 10.1. The summed E-state index contributed by atoms with van der Waals surface area (Å²) in [5.41, 5.74) is 8.11. The number of aromatic amines is 1. The van der Waals surface area contributed by atoms with Gasteiger partial charge in [0.1, 0.15) is 5.82 Å². The summed E-state index contributed by atoms with van der Waals surface area (Å²) in [6.07, 6.45) is 7.96. The second-order valence-corrected chi connectivity index (χ2v) is 9.21. The fourth-order valence-corrected chi connectivity index (χ4v) is 6.43. The maximum atomic E-state index is 11.0. The van der Waals surface area contributed by atoms with E-state index in [0.29, 0.717) is 11.8 Å². The van der Waals surface area contributed by atoms with Crippen molar-refractivity contribution >= 4 is 22.7 Å². The van der Waals surface area contributed by atoms with E-state index in [4.69, 9.17) is 5.73 Å². The Balaban J connectivity index is 1.41. The minimum Gasteiger partial charge on any atom is -0.390 e. The van der Waals surface area contributed by atoms with Crippen LogP contribution in [-0.4, -0.2) is 36.4 Å². The molecule has 4 saturated carbocycles. The number of nitrogens with one attached hydrogen (secondary N) is 2. The molecule has 0 aliphatic heterocycles. The third-order valence-electron chi connectivity index (χ3n) is 6.92. The lowest BCUT2D eigenvalue weighted by Gasteiger charge is -2.60. The van der Waals surface area contributed by atoms with Gasteiger partial charge in [-0.1, -0.05) is 6.07 Å². The van der Waals surface area contributed by atoms with Crippen molar-refractivity contribution in [2.75, 3.05) is 11.1 Å². The number of fused-ring (bicyclic) bond motifs is 1.